The Morgan fingerprint density at radius 2 is 0.941 bits per heavy atom. The summed E-state index contributed by atoms with van der Waals surface area (Å²) in [6, 6.07) is 0. The summed E-state index contributed by atoms with van der Waals surface area (Å²) < 4.78 is 5.47. The molecule has 1 aliphatic rings. The number of ether oxygens (including phenoxy) is 1. The summed E-state index contributed by atoms with van der Waals surface area (Å²) >= 11 is 0. The van der Waals surface area contributed by atoms with Gasteiger partial charge in [0.2, 0.25) is 0 Å². The second-order valence-electron chi connectivity index (χ2n) is 7.95. The van der Waals surface area contributed by atoms with Crippen molar-refractivity contribution in [3.8, 4) is 118 Å². The molecule has 1 N–H and O–H groups in total. The van der Waals surface area contributed by atoms with Crippen molar-refractivity contribution in [3.63, 3.8) is 0 Å². The van der Waals surface area contributed by atoms with Gasteiger partial charge < -0.3 is 10.1 Å². The van der Waals surface area contributed by atoms with Gasteiger partial charge >= 0.3 is 5.97 Å². The highest BCUT2D eigenvalue weighted by atomic mass is 16.5. The van der Waals surface area contributed by atoms with E-state index in [1.165, 1.54) is 0 Å². The molecule has 0 saturated carbocycles. The Morgan fingerprint density at radius 1 is 0.618 bits per heavy atom. The number of carbonyl (C=O) groups excluding carboxylic acids is 1. The molecule has 1 rings (SSSR count). The zero-order valence-electron chi connectivity index (χ0n) is 19.8. The molecule has 34 heavy (non-hydrogen) atoms. The Labute approximate surface area is 203 Å². The molecular formula is C31H21NO2. The maximum Gasteiger partial charge on any atom is 0.385 e. The molecule has 0 spiro atoms. The highest BCUT2D eigenvalue weighted by molar-refractivity contribution is 5.89. The molecule has 0 aromatic heterocycles. The lowest BCUT2D eigenvalue weighted by Gasteiger charge is -2.45. The third-order valence-corrected chi connectivity index (χ3v) is 3.78. The van der Waals surface area contributed by atoms with Gasteiger partial charge in [0, 0.05) is 41.7 Å². The summed E-state index contributed by atoms with van der Waals surface area (Å²) in [5.74, 6) is 49.5. The van der Waals surface area contributed by atoms with Crippen LogP contribution in [-0.4, -0.2) is 23.2 Å². The van der Waals surface area contributed by atoms with Crippen molar-refractivity contribution in [3.05, 3.63) is 0 Å². The molecule has 1 heterocycles. The highest BCUT2D eigenvalue weighted by Crippen LogP contribution is 2.30. The average Bonchev–Trinajstić information content (AvgIpc) is 2.73. The van der Waals surface area contributed by atoms with Crippen molar-refractivity contribution in [1.82, 2.24) is 5.32 Å². The Balaban J connectivity index is 2.47. The van der Waals surface area contributed by atoms with Gasteiger partial charge in [-0.05, 0) is 129 Å². The molecule has 1 aliphatic heterocycles. The predicted molar refractivity (Wildman–Crippen MR) is 134 cm³/mol. The van der Waals surface area contributed by atoms with E-state index >= 15 is 0 Å². The third-order valence-electron chi connectivity index (χ3n) is 3.78. The topological polar surface area (TPSA) is 38.3 Å². The Kier molecular flexibility index (Phi) is 11.9. The van der Waals surface area contributed by atoms with Crippen molar-refractivity contribution >= 4 is 5.97 Å². The van der Waals surface area contributed by atoms with Crippen molar-refractivity contribution in [2.75, 3.05) is 0 Å². The van der Waals surface area contributed by atoms with Gasteiger partial charge in [-0.25, -0.2) is 4.79 Å². The van der Waals surface area contributed by atoms with Crippen molar-refractivity contribution in [2.24, 2.45) is 0 Å². The summed E-state index contributed by atoms with van der Waals surface area (Å²) in [5, 5.41) is 3.53. The van der Waals surface area contributed by atoms with E-state index in [0.29, 0.717) is 0 Å². The minimum absolute atomic E-state index is 0.114. The number of hydrogen-bond acceptors (Lipinski definition) is 3. The van der Waals surface area contributed by atoms with Crippen LogP contribution in [0, 0.1) is 118 Å². The number of hydrogen-bond donors (Lipinski definition) is 1. The van der Waals surface area contributed by atoms with Crippen LogP contribution in [0.5, 0.6) is 0 Å². The maximum absolute atomic E-state index is 11.9. The summed E-state index contributed by atoms with van der Waals surface area (Å²) in [6.45, 7) is 10.0. The quantitative estimate of drug-likeness (QED) is 0.385. The lowest BCUT2D eigenvalue weighted by Crippen LogP contribution is -2.59. The molecule has 162 valence electrons. The first-order chi connectivity index (χ1) is 16.2. The first-order valence-electron chi connectivity index (χ1n) is 10.2. The number of esters is 1. The van der Waals surface area contributed by atoms with Gasteiger partial charge in [0.25, 0.3) is 0 Å². The van der Waals surface area contributed by atoms with Crippen LogP contribution in [0.25, 0.3) is 0 Å². The van der Waals surface area contributed by atoms with E-state index in [1.54, 1.807) is 6.92 Å². The minimum Gasteiger partial charge on any atom is -0.453 e. The normalized spacial score (nSPS) is 13.0. The molecule has 0 aliphatic carbocycles. The van der Waals surface area contributed by atoms with Gasteiger partial charge in [-0.15, -0.1) is 0 Å². The monoisotopic (exact) mass is 439 g/mol. The Bertz CT molecular complexity index is 1420. The highest BCUT2D eigenvalue weighted by Gasteiger charge is 2.39. The summed E-state index contributed by atoms with van der Waals surface area (Å²) in [4.78, 5) is 11.9. The minimum atomic E-state index is -0.593. The van der Waals surface area contributed by atoms with E-state index in [4.69, 9.17) is 4.74 Å². The fraction of sp³-hybridized carbons (Fsp3) is 0.323. The van der Waals surface area contributed by atoms with Gasteiger partial charge in [-0.3, -0.25) is 0 Å². The molecule has 0 aromatic rings. The number of carbonyl (C=O) groups is 1. The fourth-order valence-electron chi connectivity index (χ4n) is 3.14. The Morgan fingerprint density at radius 3 is 1.29 bits per heavy atom. The van der Waals surface area contributed by atoms with Crippen LogP contribution in [0.4, 0.5) is 0 Å². The molecule has 0 radical (unpaired) electrons. The Hall–Kier alpha value is -4.97. The van der Waals surface area contributed by atoms with E-state index in [0.717, 1.165) is 12.8 Å². The lowest BCUT2D eigenvalue weighted by molar-refractivity contribution is -0.145. The zero-order valence-corrected chi connectivity index (χ0v) is 19.8. The van der Waals surface area contributed by atoms with Crippen molar-refractivity contribution in [1.29, 1.82) is 0 Å². The molecule has 1 fully saturated rings. The van der Waals surface area contributed by atoms with Gasteiger partial charge in [-0.2, -0.15) is 0 Å². The predicted octanol–water partition coefficient (Wildman–Crippen LogP) is 1.89. The molecule has 3 heteroatoms. The van der Waals surface area contributed by atoms with Crippen LogP contribution in [-0.2, 0) is 9.53 Å². The second-order valence-corrected chi connectivity index (χ2v) is 7.95. The van der Waals surface area contributed by atoms with Crippen LogP contribution in [0.2, 0.25) is 0 Å². The van der Waals surface area contributed by atoms with Gasteiger partial charge in [-0.1, -0.05) is 5.92 Å². The number of rotatable bonds is 1. The maximum atomic E-state index is 11.9. The first kappa shape index (κ1) is 27.1. The summed E-state index contributed by atoms with van der Waals surface area (Å²) in [5.41, 5.74) is -0.229. The molecule has 3 nitrogen and oxygen atoms in total. The summed E-state index contributed by atoms with van der Waals surface area (Å²) in [6.07, 6.45) is 1.26. The number of piperidine rings is 1. The molecule has 0 aromatic carbocycles. The summed E-state index contributed by atoms with van der Waals surface area (Å²) in [7, 11) is 0. The van der Waals surface area contributed by atoms with Crippen LogP contribution >= 0.6 is 0 Å². The van der Waals surface area contributed by atoms with Crippen LogP contribution in [0.15, 0.2) is 0 Å². The van der Waals surface area contributed by atoms with Gasteiger partial charge in [0.15, 0.2) is 0 Å². The van der Waals surface area contributed by atoms with E-state index < -0.39 is 5.97 Å². The molecule has 0 unspecified atom stereocenters. The fourth-order valence-corrected chi connectivity index (χ4v) is 3.14. The lowest BCUT2D eigenvalue weighted by atomic mass is 9.81. The van der Waals surface area contributed by atoms with E-state index in [-0.39, 0.29) is 17.2 Å². The van der Waals surface area contributed by atoms with E-state index in [1.807, 2.05) is 0 Å². The number of nitrogens with one attached hydrogen (secondary N) is 1. The molecule has 0 amide bonds. The average molecular weight is 440 g/mol. The van der Waals surface area contributed by atoms with E-state index in [9.17, 15) is 4.79 Å². The molecule has 0 atom stereocenters. The van der Waals surface area contributed by atoms with Gasteiger partial charge in [0.05, 0.1) is 0 Å². The van der Waals surface area contributed by atoms with Crippen LogP contribution in [0.1, 0.15) is 47.5 Å². The van der Waals surface area contributed by atoms with Crippen LogP contribution in [0.3, 0.4) is 0 Å². The third kappa shape index (κ3) is 14.1. The van der Waals surface area contributed by atoms with Gasteiger partial charge in [0.1, 0.15) is 6.10 Å². The molecular weight excluding hydrogens is 418 g/mol. The zero-order chi connectivity index (χ0) is 25.1. The van der Waals surface area contributed by atoms with Crippen molar-refractivity contribution < 1.29 is 9.53 Å². The SMILES string of the molecule is CC#CC#CC#CC#CC#CC#CC#CC#CC#CC#CC(=O)OC1CC(C)(C)NC(C)(C)C1. The largest absolute Gasteiger partial charge is 0.453 e. The first-order valence-corrected chi connectivity index (χ1v) is 10.2. The second kappa shape index (κ2) is 14.9. The standard InChI is InChI=1S/C31H21NO2/c1-6-7-8-9-10-11-12-13-14-15-16-17-18-19-20-21-22-23-24-25-29(33)34-28-26-30(2,3)32-31(4,5)27-28/h28,32H,26-27H2,1-5H3. The van der Waals surface area contributed by atoms with Crippen molar-refractivity contribution in [2.45, 2.75) is 64.6 Å². The molecule has 0 bridgehead atoms. The smallest absolute Gasteiger partial charge is 0.385 e. The van der Waals surface area contributed by atoms with Crippen LogP contribution < -0.4 is 5.32 Å². The molecule has 1 saturated heterocycles. The van der Waals surface area contributed by atoms with E-state index in [2.05, 4.69) is 151 Å².